The van der Waals surface area contributed by atoms with Crippen LogP contribution in [0.5, 0.6) is 0 Å². The van der Waals surface area contributed by atoms with Gasteiger partial charge in [0, 0.05) is 43.2 Å². The highest BCUT2D eigenvalue weighted by molar-refractivity contribution is 6.06. The van der Waals surface area contributed by atoms with Crippen LogP contribution in [0.15, 0.2) is 54.6 Å². The molecule has 5 rings (SSSR count). The molecule has 0 bridgehead atoms. The van der Waals surface area contributed by atoms with Crippen molar-refractivity contribution < 1.29 is 14.0 Å². The predicted molar refractivity (Wildman–Crippen MR) is 116 cm³/mol. The number of carbonyl (C=O) groups is 2. The van der Waals surface area contributed by atoms with Gasteiger partial charge >= 0.3 is 0 Å². The molecule has 0 N–H and O–H groups in total. The van der Waals surface area contributed by atoms with E-state index in [0.29, 0.717) is 37.7 Å². The molecule has 6 heteroatoms. The van der Waals surface area contributed by atoms with Gasteiger partial charge in [-0.3, -0.25) is 14.6 Å². The largest absolute Gasteiger partial charge is 0.339 e. The maximum absolute atomic E-state index is 13.4. The van der Waals surface area contributed by atoms with E-state index in [1.807, 2.05) is 35.2 Å². The lowest BCUT2D eigenvalue weighted by atomic mass is 10.0. The van der Waals surface area contributed by atoms with Crippen molar-refractivity contribution in [3.8, 4) is 0 Å². The number of amides is 2. The van der Waals surface area contributed by atoms with Gasteiger partial charge in [-0.1, -0.05) is 30.3 Å². The van der Waals surface area contributed by atoms with E-state index in [2.05, 4.69) is 0 Å². The molecule has 1 aromatic heterocycles. The molecule has 0 unspecified atom stereocenters. The molecule has 31 heavy (non-hydrogen) atoms. The first-order valence-corrected chi connectivity index (χ1v) is 10.8. The Labute approximate surface area is 180 Å². The van der Waals surface area contributed by atoms with Crippen molar-refractivity contribution >= 4 is 22.7 Å². The van der Waals surface area contributed by atoms with E-state index >= 15 is 0 Å². The number of benzene rings is 2. The highest BCUT2D eigenvalue weighted by Crippen LogP contribution is 2.40. The quantitative estimate of drug-likeness (QED) is 0.649. The molecule has 2 heterocycles. The van der Waals surface area contributed by atoms with Gasteiger partial charge in [0.05, 0.1) is 17.5 Å². The van der Waals surface area contributed by atoms with E-state index in [1.54, 1.807) is 17.0 Å². The average molecular weight is 417 g/mol. The summed E-state index contributed by atoms with van der Waals surface area (Å²) in [5.41, 5.74) is 3.37. The third-order valence-corrected chi connectivity index (χ3v) is 6.15. The molecular weight excluding hydrogens is 393 g/mol. The molecule has 2 aromatic carbocycles. The zero-order valence-corrected chi connectivity index (χ0v) is 17.3. The topological polar surface area (TPSA) is 53.5 Å². The minimum atomic E-state index is -0.309. The molecular formula is C25H24FN3O2. The summed E-state index contributed by atoms with van der Waals surface area (Å²) < 4.78 is 13.1. The van der Waals surface area contributed by atoms with Gasteiger partial charge in [0.15, 0.2) is 0 Å². The number of pyridine rings is 1. The summed E-state index contributed by atoms with van der Waals surface area (Å²) in [6.45, 7) is 2.02. The first kappa shape index (κ1) is 19.7. The summed E-state index contributed by atoms with van der Waals surface area (Å²) in [5.74, 6) is 0.170. The molecule has 2 amide bonds. The lowest BCUT2D eigenvalue weighted by Crippen LogP contribution is -2.51. The molecule has 1 saturated heterocycles. The van der Waals surface area contributed by atoms with Crippen LogP contribution in [0.25, 0.3) is 10.9 Å². The fourth-order valence-corrected chi connectivity index (χ4v) is 4.18. The Kier molecular flexibility index (Phi) is 5.14. The first-order valence-electron chi connectivity index (χ1n) is 10.8. The minimum Gasteiger partial charge on any atom is -0.339 e. The summed E-state index contributed by atoms with van der Waals surface area (Å²) in [7, 11) is 0. The lowest BCUT2D eigenvalue weighted by molar-refractivity contribution is -0.131. The maximum Gasteiger partial charge on any atom is 0.254 e. The summed E-state index contributed by atoms with van der Waals surface area (Å²) in [4.78, 5) is 34.4. The highest BCUT2D eigenvalue weighted by atomic mass is 19.1. The van der Waals surface area contributed by atoms with Gasteiger partial charge in [0.25, 0.3) is 5.91 Å². The number of fused-ring (bicyclic) bond motifs is 1. The van der Waals surface area contributed by atoms with Crippen LogP contribution >= 0.6 is 0 Å². The van der Waals surface area contributed by atoms with Gasteiger partial charge < -0.3 is 9.80 Å². The molecule has 5 nitrogen and oxygen atoms in total. The average Bonchev–Trinajstić information content (AvgIpc) is 3.65. The van der Waals surface area contributed by atoms with Crippen molar-refractivity contribution in [3.63, 3.8) is 0 Å². The van der Waals surface area contributed by atoms with Crippen LogP contribution < -0.4 is 0 Å². The summed E-state index contributed by atoms with van der Waals surface area (Å²) >= 11 is 0. The number of rotatable bonds is 4. The fourth-order valence-electron chi connectivity index (χ4n) is 4.18. The van der Waals surface area contributed by atoms with Crippen molar-refractivity contribution in [3.05, 3.63) is 77.2 Å². The molecule has 3 aromatic rings. The number of hydrogen-bond acceptors (Lipinski definition) is 3. The number of nitrogens with zero attached hydrogens (tertiary/aromatic N) is 3. The Morgan fingerprint density at radius 3 is 2.32 bits per heavy atom. The zero-order chi connectivity index (χ0) is 21.4. The molecule has 1 aliphatic carbocycles. The summed E-state index contributed by atoms with van der Waals surface area (Å²) in [6, 6.07) is 15.8. The molecule has 158 valence electrons. The monoisotopic (exact) mass is 417 g/mol. The van der Waals surface area contributed by atoms with E-state index in [9.17, 15) is 14.0 Å². The maximum atomic E-state index is 13.4. The molecule has 1 aliphatic heterocycles. The number of carbonyl (C=O) groups excluding carboxylic acids is 2. The van der Waals surface area contributed by atoms with E-state index in [4.69, 9.17) is 4.98 Å². The van der Waals surface area contributed by atoms with Gasteiger partial charge in [-0.05, 0) is 42.7 Å². The van der Waals surface area contributed by atoms with Gasteiger partial charge in [-0.25, -0.2) is 4.39 Å². The SMILES string of the molecule is O=C(Cc1ccc(F)cc1)N1CCN(C(=O)c2cc(C3CC3)nc3ccccc23)CC1. The molecule has 0 spiro atoms. The predicted octanol–water partition coefficient (Wildman–Crippen LogP) is 3.78. The third-order valence-electron chi connectivity index (χ3n) is 6.15. The normalized spacial score (nSPS) is 16.5. The Balaban J connectivity index is 1.28. The fraction of sp³-hybridized carbons (Fsp3) is 0.320. The Morgan fingerprint density at radius 1 is 0.935 bits per heavy atom. The molecule has 0 radical (unpaired) electrons. The van der Waals surface area contributed by atoms with Crippen molar-refractivity contribution in [2.24, 2.45) is 0 Å². The smallest absolute Gasteiger partial charge is 0.254 e. The number of halogens is 1. The van der Waals surface area contributed by atoms with Gasteiger partial charge in [-0.15, -0.1) is 0 Å². The molecule has 1 saturated carbocycles. The minimum absolute atomic E-state index is 0.00378. The number of aromatic nitrogens is 1. The highest BCUT2D eigenvalue weighted by Gasteiger charge is 2.29. The van der Waals surface area contributed by atoms with Crippen LogP contribution in [0.1, 0.15) is 40.4 Å². The molecule has 0 atom stereocenters. The van der Waals surface area contributed by atoms with E-state index < -0.39 is 0 Å². The van der Waals surface area contributed by atoms with Crippen LogP contribution in [0.2, 0.25) is 0 Å². The second kappa shape index (κ2) is 8.10. The van der Waals surface area contributed by atoms with Crippen LogP contribution in [-0.4, -0.2) is 52.8 Å². The summed E-state index contributed by atoms with van der Waals surface area (Å²) in [5, 5.41) is 0.881. The molecule has 2 fully saturated rings. The standard InChI is InChI=1S/C25H24FN3O2/c26-19-9-5-17(6-10-19)15-24(30)28-11-13-29(14-12-28)25(31)21-16-23(18-7-8-18)27-22-4-2-1-3-20(21)22/h1-6,9-10,16,18H,7-8,11-15H2. The summed E-state index contributed by atoms with van der Waals surface area (Å²) in [6.07, 6.45) is 2.51. The Morgan fingerprint density at radius 2 is 1.61 bits per heavy atom. The van der Waals surface area contributed by atoms with Gasteiger partial charge in [0.2, 0.25) is 5.91 Å². The van der Waals surface area contributed by atoms with E-state index in [-0.39, 0.29) is 24.1 Å². The second-order valence-corrected chi connectivity index (χ2v) is 8.36. The lowest BCUT2D eigenvalue weighted by Gasteiger charge is -2.35. The number of para-hydroxylation sites is 1. The van der Waals surface area contributed by atoms with Crippen molar-refractivity contribution in [1.82, 2.24) is 14.8 Å². The van der Waals surface area contributed by atoms with Crippen LogP contribution in [0, 0.1) is 5.82 Å². The van der Waals surface area contributed by atoms with Crippen molar-refractivity contribution in [2.75, 3.05) is 26.2 Å². The van der Waals surface area contributed by atoms with Gasteiger partial charge in [0.1, 0.15) is 5.82 Å². The second-order valence-electron chi connectivity index (χ2n) is 8.36. The van der Waals surface area contributed by atoms with Crippen LogP contribution in [0.3, 0.4) is 0 Å². The number of hydrogen-bond donors (Lipinski definition) is 0. The Hall–Kier alpha value is -3.28. The Bertz CT molecular complexity index is 1130. The number of piperazine rings is 1. The third kappa shape index (κ3) is 4.15. The van der Waals surface area contributed by atoms with Gasteiger partial charge in [-0.2, -0.15) is 0 Å². The van der Waals surface area contributed by atoms with Crippen LogP contribution in [-0.2, 0) is 11.2 Å². The zero-order valence-electron chi connectivity index (χ0n) is 17.3. The van der Waals surface area contributed by atoms with E-state index in [0.717, 1.165) is 35.0 Å². The van der Waals surface area contributed by atoms with Crippen LogP contribution in [0.4, 0.5) is 4.39 Å². The van der Waals surface area contributed by atoms with E-state index in [1.165, 1.54) is 12.1 Å². The molecule has 2 aliphatic rings. The first-order chi connectivity index (χ1) is 15.1. The van der Waals surface area contributed by atoms with Crippen molar-refractivity contribution in [1.29, 1.82) is 0 Å². The van der Waals surface area contributed by atoms with Crippen molar-refractivity contribution in [2.45, 2.75) is 25.2 Å².